The number of carbonyl (C=O) groups excluding carboxylic acids is 1. The lowest BCUT2D eigenvalue weighted by Crippen LogP contribution is -2.35. The molecule has 0 aliphatic carbocycles. The highest BCUT2D eigenvalue weighted by Gasteiger charge is 2.24. The van der Waals surface area contributed by atoms with E-state index in [4.69, 9.17) is 0 Å². The third kappa shape index (κ3) is 4.68. The van der Waals surface area contributed by atoms with Gasteiger partial charge in [-0.05, 0) is 30.5 Å². The van der Waals surface area contributed by atoms with Gasteiger partial charge < -0.3 is 4.90 Å². The van der Waals surface area contributed by atoms with Crippen LogP contribution in [-0.2, 0) is 20.4 Å². The molecule has 0 fully saturated rings. The zero-order valence-electron chi connectivity index (χ0n) is 14.3. The third-order valence-electron chi connectivity index (χ3n) is 4.24. The summed E-state index contributed by atoms with van der Waals surface area (Å²) >= 11 is 0. The molecule has 128 valence electrons. The van der Waals surface area contributed by atoms with Gasteiger partial charge in [-0.3, -0.25) is 4.79 Å². The largest absolute Gasteiger partial charge is 0.338 e. The van der Waals surface area contributed by atoms with Crippen molar-refractivity contribution in [3.63, 3.8) is 0 Å². The van der Waals surface area contributed by atoms with Gasteiger partial charge >= 0.3 is 0 Å². The Kier molecular flexibility index (Phi) is 5.78. The molecule has 0 radical (unpaired) electrons. The van der Waals surface area contributed by atoms with Gasteiger partial charge in [0.2, 0.25) is 5.91 Å². The van der Waals surface area contributed by atoms with E-state index < -0.39 is 15.6 Å². The Morgan fingerprint density at radius 2 is 1.62 bits per heavy atom. The van der Waals surface area contributed by atoms with Gasteiger partial charge in [-0.2, -0.15) is 0 Å². The van der Waals surface area contributed by atoms with Gasteiger partial charge in [-0.1, -0.05) is 54.6 Å². The Balaban J connectivity index is 2.06. The first-order valence-electron chi connectivity index (χ1n) is 7.85. The molecule has 0 saturated carbocycles. The monoisotopic (exact) mass is 345 g/mol. The van der Waals surface area contributed by atoms with E-state index in [1.807, 2.05) is 62.4 Å². The topological polar surface area (TPSA) is 54.5 Å². The number of aryl methyl sites for hydroxylation is 1. The maximum Gasteiger partial charge on any atom is 0.238 e. The molecule has 0 aliphatic rings. The zero-order chi connectivity index (χ0) is 17.7. The standard InChI is InChI=1S/C19H23NO3S/c1-15-9-7-8-12-18(15)13-24(22,23)14-19(21)20(3)16(2)17-10-5-4-6-11-17/h4-12,16H,13-14H2,1-3H3/t16-/m0/s1. The van der Waals surface area contributed by atoms with Gasteiger partial charge in [0.05, 0.1) is 11.8 Å². The quantitative estimate of drug-likeness (QED) is 0.808. The van der Waals surface area contributed by atoms with Crippen LogP contribution in [0.5, 0.6) is 0 Å². The summed E-state index contributed by atoms with van der Waals surface area (Å²) in [5.41, 5.74) is 2.63. The van der Waals surface area contributed by atoms with Crippen LogP contribution in [0, 0.1) is 6.92 Å². The summed E-state index contributed by atoms with van der Waals surface area (Å²) in [5, 5.41) is 0. The molecule has 2 rings (SSSR count). The molecule has 0 heterocycles. The Hall–Kier alpha value is -2.14. The predicted octanol–water partition coefficient (Wildman–Crippen LogP) is 3.13. The maximum absolute atomic E-state index is 12.4. The van der Waals surface area contributed by atoms with E-state index in [0.29, 0.717) is 0 Å². The molecule has 1 atom stereocenters. The van der Waals surface area contributed by atoms with Crippen LogP contribution < -0.4 is 0 Å². The summed E-state index contributed by atoms with van der Waals surface area (Å²) in [4.78, 5) is 13.9. The van der Waals surface area contributed by atoms with Crippen LogP contribution in [0.25, 0.3) is 0 Å². The fourth-order valence-electron chi connectivity index (χ4n) is 2.52. The Morgan fingerprint density at radius 3 is 2.25 bits per heavy atom. The van der Waals surface area contributed by atoms with Crippen molar-refractivity contribution in [3.8, 4) is 0 Å². The lowest BCUT2D eigenvalue weighted by atomic mass is 10.1. The van der Waals surface area contributed by atoms with E-state index in [1.165, 1.54) is 4.90 Å². The van der Waals surface area contributed by atoms with Gasteiger partial charge in [-0.25, -0.2) is 8.42 Å². The smallest absolute Gasteiger partial charge is 0.238 e. The fourth-order valence-corrected chi connectivity index (χ4v) is 4.00. The van der Waals surface area contributed by atoms with E-state index in [1.54, 1.807) is 13.1 Å². The van der Waals surface area contributed by atoms with Crippen LogP contribution in [0.4, 0.5) is 0 Å². The van der Waals surface area contributed by atoms with Crippen molar-refractivity contribution in [1.29, 1.82) is 0 Å². The van der Waals surface area contributed by atoms with Gasteiger partial charge in [0.25, 0.3) is 0 Å². The van der Waals surface area contributed by atoms with Crippen molar-refractivity contribution >= 4 is 15.7 Å². The fraction of sp³-hybridized carbons (Fsp3) is 0.316. The van der Waals surface area contributed by atoms with Crippen LogP contribution in [0.3, 0.4) is 0 Å². The summed E-state index contributed by atoms with van der Waals surface area (Å²) in [6.07, 6.45) is 0. The first-order valence-corrected chi connectivity index (χ1v) is 9.68. The molecule has 24 heavy (non-hydrogen) atoms. The maximum atomic E-state index is 12.4. The van der Waals surface area contributed by atoms with Crippen molar-refractivity contribution in [1.82, 2.24) is 4.90 Å². The van der Waals surface area contributed by atoms with Crippen molar-refractivity contribution in [3.05, 3.63) is 71.3 Å². The minimum atomic E-state index is -3.51. The highest BCUT2D eigenvalue weighted by Crippen LogP contribution is 2.19. The first kappa shape index (κ1) is 18.2. The number of sulfone groups is 1. The minimum Gasteiger partial charge on any atom is -0.338 e. The van der Waals surface area contributed by atoms with Gasteiger partial charge in [0, 0.05) is 7.05 Å². The molecule has 1 amide bonds. The number of nitrogens with zero attached hydrogens (tertiary/aromatic N) is 1. The van der Waals surface area contributed by atoms with Gasteiger partial charge in [0.1, 0.15) is 5.75 Å². The van der Waals surface area contributed by atoms with E-state index in [2.05, 4.69) is 0 Å². The molecule has 5 heteroatoms. The van der Waals surface area contributed by atoms with Gasteiger partial charge in [-0.15, -0.1) is 0 Å². The van der Waals surface area contributed by atoms with Crippen LogP contribution in [0.15, 0.2) is 54.6 Å². The normalized spacial score (nSPS) is 12.6. The van der Waals surface area contributed by atoms with Crippen molar-refractivity contribution in [2.45, 2.75) is 25.6 Å². The number of rotatable bonds is 6. The summed E-state index contributed by atoms with van der Waals surface area (Å²) < 4.78 is 24.8. The molecule has 0 N–H and O–H groups in total. The number of benzene rings is 2. The lowest BCUT2D eigenvalue weighted by Gasteiger charge is -2.25. The second-order valence-corrected chi connectivity index (χ2v) is 8.11. The summed E-state index contributed by atoms with van der Waals surface area (Å²) in [6, 6.07) is 16.7. The molecular weight excluding hydrogens is 322 g/mol. The lowest BCUT2D eigenvalue weighted by molar-refractivity contribution is -0.129. The molecule has 0 saturated heterocycles. The Morgan fingerprint density at radius 1 is 1.04 bits per heavy atom. The van der Waals surface area contributed by atoms with Crippen LogP contribution >= 0.6 is 0 Å². The van der Waals surface area contributed by atoms with E-state index >= 15 is 0 Å². The SMILES string of the molecule is Cc1ccccc1CS(=O)(=O)CC(=O)N(C)[C@@H](C)c1ccccc1. The Bertz CT molecular complexity index is 800. The number of carbonyl (C=O) groups is 1. The van der Waals surface area contributed by atoms with Crippen LogP contribution in [0.1, 0.15) is 29.7 Å². The molecule has 0 bridgehead atoms. The number of amides is 1. The third-order valence-corrected chi connectivity index (χ3v) is 5.67. The minimum absolute atomic E-state index is 0.112. The van der Waals surface area contributed by atoms with E-state index in [9.17, 15) is 13.2 Å². The molecule has 2 aromatic carbocycles. The molecule has 0 aliphatic heterocycles. The highest BCUT2D eigenvalue weighted by atomic mass is 32.2. The zero-order valence-corrected chi connectivity index (χ0v) is 15.1. The predicted molar refractivity (Wildman–Crippen MR) is 96.3 cm³/mol. The van der Waals surface area contributed by atoms with E-state index in [-0.39, 0.29) is 17.7 Å². The van der Waals surface area contributed by atoms with Crippen molar-refractivity contribution in [2.24, 2.45) is 0 Å². The number of hydrogen-bond acceptors (Lipinski definition) is 3. The average molecular weight is 345 g/mol. The van der Waals surface area contributed by atoms with Crippen LogP contribution in [-0.4, -0.2) is 32.0 Å². The van der Waals surface area contributed by atoms with Crippen molar-refractivity contribution in [2.75, 3.05) is 12.8 Å². The number of hydrogen-bond donors (Lipinski definition) is 0. The van der Waals surface area contributed by atoms with Crippen molar-refractivity contribution < 1.29 is 13.2 Å². The average Bonchev–Trinajstić information content (AvgIpc) is 2.55. The second-order valence-electron chi connectivity index (χ2n) is 6.05. The van der Waals surface area contributed by atoms with E-state index in [0.717, 1.165) is 16.7 Å². The molecule has 0 unspecified atom stereocenters. The molecule has 4 nitrogen and oxygen atoms in total. The molecule has 0 spiro atoms. The Labute approximate surface area is 144 Å². The summed E-state index contributed by atoms with van der Waals surface area (Å²) in [6.45, 7) is 3.76. The van der Waals surface area contributed by atoms with Gasteiger partial charge in [0.15, 0.2) is 9.84 Å². The summed E-state index contributed by atoms with van der Waals surface area (Å²) in [7, 11) is -1.87. The molecule has 2 aromatic rings. The van der Waals surface area contributed by atoms with Crippen LogP contribution in [0.2, 0.25) is 0 Å². The highest BCUT2D eigenvalue weighted by molar-refractivity contribution is 7.91. The molecular formula is C19H23NO3S. The molecule has 0 aromatic heterocycles. The summed E-state index contributed by atoms with van der Waals surface area (Å²) in [5.74, 6) is -0.978. The second kappa shape index (κ2) is 7.62. The first-order chi connectivity index (χ1) is 11.3.